The lowest BCUT2D eigenvalue weighted by Crippen LogP contribution is -2.15. The van der Waals surface area contributed by atoms with Gasteiger partial charge in [0.05, 0.1) is 18.2 Å². The van der Waals surface area contributed by atoms with E-state index in [1.54, 1.807) is 24.8 Å². The Morgan fingerprint density at radius 1 is 1.23 bits per heavy atom. The molecule has 1 unspecified atom stereocenters. The van der Waals surface area contributed by atoms with Gasteiger partial charge < -0.3 is 15.0 Å². The minimum absolute atomic E-state index is 0.127. The zero-order chi connectivity index (χ0) is 17.7. The zero-order valence-corrected chi connectivity index (χ0v) is 14.1. The summed E-state index contributed by atoms with van der Waals surface area (Å²) in [7, 11) is 0. The fourth-order valence-electron chi connectivity index (χ4n) is 3.94. The van der Waals surface area contributed by atoms with Gasteiger partial charge in [-0.3, -0.25) is 0 Å². The number of hydrogen-bond acceptors (Lipinski definition) is 6. The molecule has 3 atom stereocenters. The fraction of sp³-hybridized carbons (Fsp3) is 0.263. The molecule has 0 amide bonds. The van der Waals surface area contributed by atoms with Crippen molar-refractivity contribution in [1.82, 2.24) is 30.0 Å². The van der Waals surface area contributed by atoms with Crippen LogP contribution in [0.1, 0.15) is 5.82 Å². The Bertz CT molecular complexity index is 956. The Labute approximate surface area is 150 Å². The average Bonchev–Trinajstić information content (AvgIpc) is 3.07. The minimum Gasteiger partial charge on any atom is -0.507 e. The van der Waals surface area contributed by atoms with Gasteiger partial charge in [-0.15, -0.1) is 10.2 Å². The Kier molecular flexibility index (Phi) is 3.36. The summed E-state index contributed by atoms with van der Waals surface area (Å²) in [5.74, 6) is 2.55. The van der Waals surface area contributed by atoms with Crippen molar-refractivity contribution in [2.75, 3.05) is 13.1 Å². The topological polar surface area (TPSA) is 88.8 Å². The van der Waals surface area contributed by atoms with E-state index >= 15 is 0 Å². The summed E-state index contributed by atoms with van der Waals surface area (Å²) in [6.45, 7) is 6.28. The highest BCUT2D eigenvalue weighted by molar-refractivity contribution is 5.69. The van der Waals surface area contributed by atoms with Crippen LogP contribution in [0.4, 0.5) is 0 Å². The average molecular weight is 346 g/mol. The van der Waals surface area contributed by atoms with Crippen molar-refractivity contribution < 1.29 is 5.11 Å². The lowest BCUT2D eigenvalue weighted by Gasteiger charge is -2.09. The number of imidazole rings is 1. The highest BCUT2D eigenvalue weighted by Gasteiger charge is 2.54. The third kappa shape index (κ3) is 2.40. The summed E-state index contributed by atoms with van der Waals surface area (Å²) < 4.78 is 1.82. The highest BCUT2D eigenvalue weighted by atomic mass is 16.3. The normalized spacial score (nSPS) is 23.6. The van der Waals surface area contributed by atoms with Crippen LogP contribution in [0.3, 0.4) is 0 Å². The Morgan fingerprint density at radius 3 is 2.73 bits per heavy atom. The molecule has 2 fully saturated rings. The molecular formula is C19H18N6O. The summed E-state index contributed by atoms with van der Waals surface area (Å²) >= 11 is 0. The van der Waals surface area contributed by atoms with E-state index in [9.17, 15) is 5.11 Å². The molecule has 1 saturated heterocycles. The van der Waals surface area contributed by atoms with Crippen molar-refractivity contribution in [2.24, 2.45) is 17.8 Å². The van der Waals surface area contributed by atoms with E-state index in [-0.39, 0.29) is 5.75 Å². The summed E-state index contributed by atoms with van der Waals surface area (Å²) in [5.41, 5.74) is 2.93. The van der Waals surface area contributed by atoms with Gasteiger partial charge in [-0.25, -0.2) is 9.97 Å². The lowest BCUT2D eigenvalue weighted by atomic mass is 10.1. The lowest BCUT2D eigenvalue weighted by molar-refractivity contribution is 0.476. The van der Waals surface area contributed by atoms with Crippen molar-refractivity contribution in [3.63, 3.8) is 0 Å². The number of fused-ring (bicyclic) bond motifs is 1. The molecule has 7 nitrogen and oxygen atoms in total. The van der Waals surface area contributed by atoms with Crippen LogP contribution < -0.4 is 5.32 Å². The fourth-order valence-corrected chi connectivity index (χ4v) is 3.94. The van der Waals surface area contributed by atoms with E-state index in [0.29, 0.717) is 34.8 Å². The zero-order valence-electron chi connectivity index (χ0n) is 14.1. The van der Waals surface area contributed by atoms with E-state index in [4.69, 9.17) is 0 Å². The van der Waals surface area contributed by atoms with E-state index < -0.39 is 0 Å². The van der Waals surface area contributed by atoms with E-state index in [2.05, 4.69) is 32.1 Å². The number of nitrogens with zero attached hydrogens (tertiary/aromatic N) is 5. The van der Waals surface area contributed by atoms with Crippen molar-refractivity contribution in [3.05, 3.63) is 55.5 Å². The van der Waals surface area contributed by atoms with Crippen LogP contribution in [0.2, 0.25) is 0 Å². The van der Waals surface area contributed by atoms with Crippen molar-refractivity contribution in [2.45, 2.75) is 0 Å². The molecule has 0 spiro atoms. The molecule has 0 bridgehead atoms. The van der Waals surface area contributed by atoms with Gasteiger partial charge in [0.25, 0.3) is 0 Å². The van der Waals surface area contributed by atoms with Gasteiger partial charge >= 0.3 is 0 Å². The van der Waals surface area contributed by atoms with Gasteiger partial charge in [0.2, 0.25) is 0 Å². The summed E-state index contributed by atoms with van der Waals surface area (Å²) in [4.78, 5) is 8.45. The molecule has 130 valence electrons. The quantitative estimate of drug-likeness (QED) is 0.750. The van der Waals surface area contributed by atoms with Crippen molar-refractivity contribution in [3.8, 4) is 22.7 Å². The van der Waals surface area contributed by atoms with Crippen LogP contribution in [-0.4, -0.2) is 42.9 Å². The molecule has 2 aromatic heterocycles. The molecule has 1 aliphatic carbocycles. The Hall–Kier alpha value is -3.06. The summed E-state index contributed by atoms with van der Waals surface area (Å²) in [6.07, 6.45) is 6.84. The number of phenolic OH excluding ortho intramolecular Hbond substituents is 1. The number of aromatic nitrogens is 5. The predicted octanol–water partition coefficient (Wildman–Crippen LogP) is 1.91. The highest BCUT2D eigenvalue weighted by Crippen LogP contribution is 2.54. The van der Waals surface area contributed by atoms with Crippen LogP contribution in [0.5, 0.6) is 5.75 Å². The molecule has 3 aromatic rings. The van der Waals surface area contributed by atoms with Gasteiger partial charge in [0.1, 0.15) is 11.4 Å². The largest absolute Gasteiger partial charge is 0.507 e. The molecule has 3 heterocycles. The monoisotopic (exact) mass is 346 g/mol. The van der Waals surface area contributed by atoms with E-state index in [1.807, 2.05) is 22.9 Å². The van der Waals surface area contributed by atoms with Crippen LogP contribution in [0.15, 0.2) is 49.7 Å². The first-order valence-electron chi connectivity index (χ1n) is 8.63. The van der Waals surface area contributed by atoms with Gasteiger partial charge in [-0.2, -0.15) is 0 Å². The number of aromatic hydroxyl groups is 1. The minimum atomic E-state index is 0.127. The second-order valence-electron chi connectivity index (χ2n) is 6.88. The predicted molar refractivity (Wildman–Crippen MR) is 96.4 cm³/mol. The number of hydrogen-bond donors (Lipinski definition) is 2. The van der Waals surface area contributed by atoms with Gasteiger partial charge in [0.15, 0.2) is 5.82 Å². The molecule has 0 radical (unpaired) electrons. The number of nitrogens with one attached hydrogen (secondary N) is 1. The summed E-state index contributed by atoms with van der Waals surface area (Å²) in [6, 6.07) is 5.37. The second-order valence-corrected chi connectivity index (χ2v) is 6.88. The second kappa shape index (κ2) is 5.74. The SMILES string of the molecule is C=C(c1ncc(-c2ccc(-n3ccnc3)cc2O)nn1)[C@H]1C2CNC[C@@H]21. The molecule has 5 rings (SSSR count). The Balaban J connectivity index is 1.38. The summed E-state index contributed by atoms with van der Waals surface area (Å²) in [5, 5.41) is 22.3. The maximum atomic E-state index is 10.4. The number of allylic oxidation sites excluding steroid dienone is 1. The number of benzene rings is 1. The first-order chi connectivity index (χ1) is 12.7. The first-order valence-corrected chi connectivity index (χ1v) is 8.63. The molecule has 1 aliphatic heterocycles. The van der Waals surface area contributed by atoms with Gasteiger partial charge in [-0.1, -0.05) is 6.58 Å². The molecule has 1 saturated carbocycles. The molecule has 1 aromatic carbocycles. The smallest absolute Gasteiger partial charge is 0.177 e. The van der Waals surface area contributed by atoms with Crippen molar-refractivity contribution >= 4 is 5.57 Å². The third-order valence-electron chi connectivity index (χ3n) is 5.40. The van der Waals surface area contributed by atoms with Crippen molar-refractivity contribution in [1.29, 1.82) is 0 Å². The van der Waals surface area contributed by atoms with Crippen LogP contribution in [-0.2, 0) is 0 Å². The number of rotatable bonds is 4. The number of phenols is 1. The van der Waals surface area contributed by atoms with Gasteiger partial charge in [-0.05, 0) is 48.5 Å². The van der Waals surface area contributed by atoms with E-state index in [1.165, 1.54) is 0 Å². The molecule has 26 heavy (non-hydrogen) atoms. The standard InChI is InChI=1S/C19H18N6O/c1-11(18-14-7-21-8-15(14)18)19-22-9-16(23-24-19)13-3-2-12(6-17(13)26)25-5-4-20-10-25/h2-6,9-10,14-15,18,21,26H,1,7-8H2/t14-,15?,18+/m0/s1. The molecule has 2 aliphatic rings. The Morgan fingerprint density at radius 2 is 2.08 bits per heavy atom. The van der Waals surface area contributed by atoms with Crippen LogP contribution in [0, 0.1) is 17.8 Å². The molecule has 2 N–H and O–H groups in total. The third-order valence-corrected chi connectivity index (χ3v) is 5.40. The first kappa shape index (κ1) is 15.2. The maximum absolute atomic E-state index is 10.4. The molecular weight excluding hydrogens is 328 g/mol. The maximum Gasteiger partial charge on any atom is 0.177 e. The van der Waals surface area contributed by atoms with Gasteiger partial charge in [0, 0.05) is 24.0 Å². The molecule has 7 heteroatoms. The van der Waals surface area contributed by atoms with E-state index in [0.717, 1.165) is 24.4 Å². The number of piperidine rings is 1. The van der Waals surface area contributed by atoms with Crippen LogP contribution in [0.25, 0.3) is 22.5 Å². The van der Waals surface area contributed by atoms with Crippen LogP contribution >= 0.6 is 0 Å².